The predicted octanol–water partition coefficient (Wildman–Crippen LogP) is 1.18. The molecule has 1 heterocycles. The van der Waals surface area contributed by atoms with E-state index in [0.29, 0.717) is 5.92 Å². The van der Waals surface area contributed by atoms with Crippen molar-refractivity contribution in [3.63, 3.8) is 0 Å². The molecule has 0 aromatic heterocycles. The highest BCUT2D eigenvalue weighted by molar-refractivity contribution is 6.00. The second-order valence-electron chi connectivity index (χ2n) is 4.54. The van der Waals surface area contributed by atoms with Crippen molar-refractivity contribution in [2.75, 3.05) is 24.6 Å². The molecule has 4 N–H and O–H groups in total. The van der Waals surface area contributed by atoms with Gasteiger partial charge >= 0.3 is 0 Å². The molecule has 1 fully saturated rings. The molecule has 0 saturated carbocycles. The van der Waals surface area contributed by atoms with Crippen LogP contribution in [-0.4, -0.2) is 30.6 Å². The molecule has 92 valence electrons. The van der Waals surface area contributed by atoms with Gasteiger partial charge < -0.3 is 15.7 Å². The summed E-state index contributed by atoms with van der Waals surface area (Å²) in [6, 6.07) is 7.77. The number of amidine groups is 1. The fourth-order valence-electron chi connectivity index (χ4n) is 2.33. The Balaban J connectivity index is 2.15. The number of nitrogens with two attached hydrogens (primary N) is 1. The van der Waals surface area contributed by atoms with Crippen LogP contribution in [0.1, 0.15) is 18.4 Å². The van der Waals surface area contributed by atoms with Crippen LogP contribution >= 0.6 is 0 Å². The maximum Gasteiger partial charge on any atom is 0.124 e. The molecular weight excluding hydrogens is 214 g/mol. The van der Waals surface area contributed by atoms with Gasteiger partial charge in [0.05, 0.1) is 0 Å². The third kappa shape index (κ3) is 2.58. The molecule has 4 nitrogen and oxygen atoms in total. The third-order valence-electron chi connectivity index (χ3n) is 3.41. The minimum atomic E-state index is 0.116. The van der Waals surface area contributed by atoms with Crippen molar-refractivity contribution in [2.45, 2.75) is 12.8 Å². The first-order chi connectivity index (χ1) is 8.22. The number of anilines is 1. The lowest BCUT2D eigenvalue weighted by molar-refractivity contribution is 0.203. The minimum absolute atomic E-state index is 0.116. The number of aliphatic hydroxyl groups excluding tert-OH is 1. The summed E-state index contributed by atoms with van der Waals surface area (Å²) in [5.74, 6) is 0.542. The maximum absolute atomic E-state index is 9.12. The van der Waals surface area contributed by atoms with E-state index in [9.17, 15) is 0 Å². The fourth-order valence-corrected chi connectivity index (χ4v) is 2.33. The summed E-state index contributed by atoms with van der Waals surface area (Å²) >= 11 is 0. The molecular formula is C13H19N3O. The molecule has 1 aromatic carbocycles. The summed E-state index contributed by atoms with van der Waals surface area (Å²) in [7, 11) is 0. The van der Waals surface area contributed by atoms with E-state index in [1.165, 1.54) is 0 Å². The van der Waals surface area contributed by atoms with Gasteiger partial charge in [-0.15, -0.1) is 0 Å². The molecule has 1 aromatic rings. The first-order valence-corrected chi connectivity index (χ1v) is 6.01. The molecule has 0 radical (unpaired) electrons. The molecule has 17 heavy (non-hydrogen) atoms. The standard InChI is InChI=1S/C13H19N3O/c14-13(15)11-3-1-2-4-12(11)16-7-5-10(9-17)6-8-16/h1-4,10,17H,5-9H2,(H3,14,15). The van der Waals surface area contributed by atoms with Crippen molar-refractivity contribution >= 4 is 11.5 Å². The molecule has 4 heteroatoms. The zero-order chi connectivity index (χ0) is 12.3. The summed E-state index contributed by atoms with van der Waals surface area (Å²) in [6.07, 6.45) is 2.01. The van der Waals surface area contributed by atoms with Crippen molar-refractivity contribution in [1.82, 2.24) is 0 Å². The van der Waals surface area contributed by atoms with Gasteiger partial charge in [-0.25, -0.2) is 0 Å². The molecule has 0 aliphatic carbocycles. The van der Waals surface area contributed by atoms with Gasteiger partial charge in [-0.2, -0.15) is 0 Å². The summed E-state index contributed by atoms with van der Waals surface area (Å²) in [4.78, 5) is 2.25. The van der Waals surface area contributed by atoms with Crippen LogP contribution < -0.4 is 10.6 Å². The summed E-state index contributed by atoms with van der Waals surface area (Å²) in [5.41, 5.74) is 7.43. The van der Waals surface area contributed by atoms with Gasteiger partial charge in [0, 0.05) is 30.9 Å². The van der Waals surface area contributed by atoms with Gasteiger partial charge in [0.15, 0.2) is 0 Å². The normalized spacial score (nSPS) is 17.1. The van der Waals surface area contributed by atoms with Gasteiger partial charge in [0.25, 0.3) is 0 Å². The van der Waals surface area contributed by atoms with E-state index in [1.54, 1.807) is 0 Å². The third-order valence-corrected chi connectivity index (χ3v) is 3.41. The fraction of sp³-hybridized carbons (Fsp3) is 0.462. The second-order valence-corrected chi connectivity index (χ2v) is 4.54. The number of nitrogen functional groups attached to an aromatic ring is 1. The zero-order valence-corrected chi connectivity index (χ0v) is 9.89. The van der Waals surface area contributed by atoms with E-state index in [-0.39, 0.29) is 12.4 Å². The van der Waals surface area contributed by atoms with Crippen molar-refractivity contribution < 1.29 is 5.11 Å². The minimum Gasteiger partial charge on any atom is -0.396 e. The number of benzene rings is 1. The molecule has 0 spiro atoms. The highest BCUT2D eigenvalue weighted by Gasteiger charge is 2.20. The smallest absolute Gasteiger partial charge is 0.124 e. The van der Waals surface area contributed by atoms with Gasteiger partial charge in [-0.05, 0) is 30.9 Å². The van der Waals surface area contributed by atoms with E-state index >= 15 is 0 Å². The number of rotatable bonds is 3. The lowest BCUT2D eigenvalue weighted by atomic mass is 9.97. The van der Waals surface area contributed by atoms with Crippen molar-refractivity contribution in [1.29, 1.82) is 5.41 Å². The molecule has 0 atom stereocenters. The largest absolute Gasteiger partial charge is 0.396 e. The van der Waals surface area contributed by atoms with E-state index in [1.807, 2.05) is 24.3 Å². The van der Waals surface area contributed by atoms with Crippen LogP contribution in [-0.2, 0) is 0 Å². The number of nitrogens with zero attached hydrogens (tertiary/aromatic N) is 1. The average Bonchev–Trinajstić information content (AvgIpc) is 2.39. The van der Waals surface area contributed by atoms with Crippen molar-refractivity contribution in [3.05, 3.63) is 29.8 Å². The number of hydrogen-bond acceptors (Lipinski definition) is 3. The number of aliphatic hydroxyl groups is 1. The van der Waals surface area contributed by atoms with Crippen LogP contribution in [0.4, 0.5) is 5.69 Å². The van der Waals surface area contributed by atoms with E-state index < -0.39 is 0 Å². The van der Waals surface area contributed by atoms with Crippen LogP contribution in [0.5, 0.6) is 0 Å². The lowest BCUT2D eigenvalue weighted by Gasteiger charge is -2.34. The van der Waals surface area contributed by atoms with Gasteiger partial charge in [-0.3, -0.25) is 5.41 Å². The van der Waals surface area contributed by atoms with Crippen LogP contribution in [0, 0.1) is 11.3 Å². The van der Waals surface area contributed by atoms with Gasteiger partial charge in [-0.1, -0.05) is 12.1 Å². The Morgan fingerprint density at radius 2 is 2.00 bits per heavy atom. The molecule has 0 unspecified atom stereocenters. The Hall–Kier alpha value is -1.55. The Kier molecular flexibility index (Phi) is 3.64. The SMILES string of the molecule is N=C(N)c1ccccc1N1CCC(CO)CC1. The summed E-state index contributed by atoms with van der Waals surface area (Å²) < 4.78 is 0. The predicted molar refractivity (Wildman–Crippen MR) is 69.5 cm³/mol. The highest BCUT2D eigenvalue weighted by Crippen LogP contribution is 2.25. The Morgan fingerprint density at radius 1 is 1.35 bits per heavy atom. The number of nitrogens with one attached hydrogen (secondary N) is 1. The highest BCUT2D eigenvalue weighted by atomic mass is 16.3. The van der Waals surface area contributed by atoms with Crippen LogP contribution in [0.3, 0.4) is 0 Å². The molecule has 1 aliphatic rings. The molecule has 2 rings (SSSR count). The average molecular weight is 233 g/mol. The Labute approximate surface area is 102 Å². The summed E-state index contributed by atoms with van der Waals surface area (Å²) in [5, 5.41) is 16.7. The zero-order valence-electron chi connectivity index (χ0n) is 9.89. The van der Waals surface area contributed by atoms with Crippen molar-refractivity contribution in [2.24, 2.45) is 11.7 Å². The number of piperidine rings is 1. The topological polar surface area (TPSA) is 73.3 Å². The Bertz CT molecular complexity index is 397. The molecule has 0 amide bonds. The van der Waals surface area contributed by atoms with E-state index in [0.717, 1.165) is 37.2 Å². The van der Waals surface area contributed by atoms with Gasteiger partial charge in [0.2, 0.25) is 0 Å². The van der Waals surface area contributed by atoms with E-state index in [2.05, 4.69) is 4.90 Å². The van der Waals surface area contributed by atoms with E-state index in [4.69, 9.17) is 16.2 Å². The van der Waals surface area contributed by atoms with Crippen LogP contribution in [0.15, 0.2) is 24.3 Å². The Morgan fingerprint density at radius 3 is 2.59 bits per heavy atom. The number of para-hydroxylation sites is 1. The maximum atomic E-state index is 9.12. The second kappa shape index (κ2) is 5.19. The number of hydrogen-bond donors (Lipinski definition) is 3. The van der Waals surface area contributed by atoms with Crippen LogP contribution in [0.25, 0.3) is 0 Å². The molecule has 1 saturated heterocycles. The monoisotopic (exact) mass is 233 g/mol. The molecule has 1 aliphatic heterocycles. The lowest BCUT2D eigenvalue weighted by Crippen LogP contribution is -2.36. The van der Waals surface area contributed by atoms with Crippen molar-refractivity contribution in [3.8, 4) is 0 Å². The first-order valence-electron chi connectivity index (χ1n) is 6.01. The first kappa shape index (κ1) is 11.9. The van der Waals surface area contributed by atoms with Crippen LogP contribution in [0.2, 0.25) is 0 Å². The summed E-state index contributed by atoms with van der Waals surface area (Å²) in [6.45, 7) is 2.13. The molecule has 0 bridgehead atoms. The quantitative estimate of drug-likeness (QED) is 0.542. The van der Waals surface area contributed by atoms with Gasteiger partial charge in [0.1, 0.15) is 5.84 Å².